The molecule has 1 aromatic carbocycles. The molecule has 0 saturated carbocycles. The van der Waals surface area contributed by atoms with Crippen molar-refractivity contribution in [1.29, 1.82) is 0 Å². The fourth-order valence-corrected chi connectivity index (χ4v) is 2.12. The lowest BCUT2D eigenvalue weighted by Gasteiger charge is -2.33. The number of carbonyl (C=O) groups is 1. The molecular formula is C12H10F3N3O5. The van der Waals surface area contributed by atoms with Gasteiger partial charge in [0.2, 0.25) is 0 Å². The fourth-order valence-electron chi connectivity index (χ4n) is 2.12. The minimum Gasteiger partial charge on any atom is -0.465 e. The summed E-state index contributed by atoms with van der Waals surface area (Å²) in [6.07, 6.45) is -4.85. The number of amidine groups is 1. The molecule has 0 aromatic heterocycles. The molecule has 23 heavy (non-hydrogen) atoms. The first-order chi connectivity index (χ1) is 10.8. The second kappa shape index (κ2) is 6.20. The van der Waals surface area contributed by atoms with Crippen LogP contribution in [-0.4, -0.2) is 41.6 Å². The minimum atomic E-state index is -3.29. The number of nitrogens with zero attached hydrogens (tertiary/aromatic N) is 2. The molecular weight excluding hydrogens is 323 g/mol. The van der Waals surface area contributed by atoms with Gasteiger partial charge in [-0.25, -0.2) is 23.0 Å². The number of hydrogen-bond acceptors (Lipinski definition) is 5. The average molecular weight is 333 g/mol. The number of ether oxygens (including phenoxy) is 1. The molecule has 0 fully saturated rings. The third-order valence-electron chi connectivity index (χ3n) is 3.13. The van der Waals surface area contributed by atoms with E-state index < -0.39 is 59.1 Å². The van der Waals surface area contributed by atoms with Gasteiger partial charge in [-0.15, -0.1) is 0 Å². The number of halogens is 3. The van der Waals surface area contributed by atoms with Crippen LogP contribution >= 0.6 is 0 Å². The zero-order chi connectivity index (χ0) is 17.2. The van der Waals surface area contributed by atoms with E-state index in [1.165, 1.54) is 0 Å². The summed E-state index contributed by atoms with van der Waals surface area (Å²) in [5, 5.41) is 21.2. The number of nitrogens with one attached hydrogen (secondary N) is 1. The Hall–Kier alpha value is -2.69. The molecule has 1 aliphatic rings. The molecule has 1 heterocycles. The fraction of sp³-hybridized carbons (Fsp3) is 0.333. The van der Waals surface area contributed by atoms with E-state index in [9.17, 15) is 28.1 Å². The van der Waals surface area contributed by atoms with Gasteiger partial charge >= 0.3 is 6.09 Å². The first-order valence-electron chi connectivity index (χ1n) is 6.15. The Labute approximate surface area is 126 Å². The summed E-state index contributed by atoms with van der Waals surface area (Å²) in [5.41, 5.74) is -3.92. The van der Waals surface area contributed by atoms with Crippen LogP contribution < -0.4 is 5.32 Å². The largest absolute Gasteiger partial charge is 0.465 e. The Morgan fingerprint density at radius 1 is 1.52 bits per heavy atom. The van der Waals surface area contributed by atoms with Gasteiger partial charge in [0.15, 0.2) is 5.54 Å². The van der Waals surface area contributed by atoms with Crippen molar-refractivity contribution < 1.29 is 32.7 Å². The van der Waals surface area contributed by atoms with E-state index >= 15 is 0 Å². The zero-order valence-electron chi connectivity index (χ0n) is 11.3. The number of nitro groups is 1. The Morgan fingerprint density at radius 2 is 2.22 bits per heavy atom. The Morgan fingerprint density at radius 3 is 2.78 bits per heavy atom. The molecule has 0 radical (unpaired) electrons. The highest BCUT2D eigenvalue weighted by atomic mass is 19.3. The second-order valence-electron chi connectivity index (χ2n) is 4.63. The van der Waals surface area contributed by atoms with Crippen molar-refractivity contribution in [2.45, 2.75) is 12.0 Å². The number of amides is 1. The lowest BCUT2D eigenvalue weighted by Crippen LogP contribution is -2.47. The van der Waals surface area contributed by atoms with Crippen molar-refractivity contribution in [3.05, 3.63) is 39.7 Å². The number of rotatable bonds is 3. The number of carboxylic acid groups (broad SMARTS) is 1. The van der Waals surface area contributed by atoms with Crippen LogP contribution in [0.3, 0.4) is 0 Å². The van der Waals surface area contributed by atoms with E-state index in [2.05, 4.69) is 4.99 Å². The summed E-state index contributed by atoms with van der Waals surface area (Å²) in [5.74, 6) is -1.59. The molecule has 2 rings (SSSR count). The van der Waals surface area contributed by atoms with Gasteiger partial charge in [0.05, 0.1) is 11.5 Å². The van der Waals surface area contributed by atoms with Crippen LogP contribution in [0.2, 0.25) is 0 Å². The first-order valence-corrected chi connectivity index (χ1v) is 6.15. The highest BCUT2D eigenvalue weighted by Gasteiger charge is 2.47. The average Bonchev–Trinajstić information content (AvgIpc) is 2.46. The molecule has 0 saturated heterocycles. The maximum atomic E-state index is 14.0. The van der Waals surface area contributed by atoms with Crippen LogP contribution in [-0.2, 0) is 10.3 Å². The number of aliphatic imine (C=N–C) groups is 1. The molecule has 1 unspecified atom stereocenters. The Balaban J connectivity index is 2.60. The Bertz CT molecular complexity index is 682. The predicted octanol–water partition coefficient (Wildman–Crippen LogP) is 1.89. The topological polar surface area (TPSA) is 114 Å². The summed E-state index contributed by atoms with van der Waals surface area (Å²) >= 11 is 0. The van der Waals surface area contributed by atoms with Crippen molar-refractivity contribution in [2.75, 3.05) is 13.2 Å². The van der Waals surface area contributed by atoms with E-state index in [0.29, 0.717) is 12.1 Å². The van der Waals surface area contributed by atoms with Crippen molar-refractivity contribution in [3.63, 3.8) is 0 Å². The van der Waals surface area contributed by atoms with Crippen LogP contribution in [0.15, 0.2) is 23.2 Å². The molecule has 1 aliphatic heterocycles. The summed E-state index contributed by atoms with van der Waals surface area (Å²) in [6.45, 7) is -1.15. The molecule has 1 atom stereocenters. The van der Waals surface area contributed by atoms with Gasteiger partial charge in [0, 0.05) is 17.7 Å². The number of alkyl halides is 2. The molecule has 0 bridgehead atoms. The number of nitro benzene ring substituents is 1. The van der Waals surface area contributed by atoms with Gasteiger partial charge in [-0.05, 0) is 6.07 Å². The summed E-state index contributed by atoms with van der Waals surface area (Å²) < 4.78 is 46.1. The third kappa shape index (κ3) is 3.23. The molecule has 124 valence electrons. The van der Waals surface area contributed by atoms with Crippen molar-refractivity contribution in [3.8, 4) is 0 Å². The van der Waals surface area contributed by atoms with E-state index in [4.69, 9.17) is 9.84 Å². The number of non-ortho nitro benzene ring substituents is 1. The van der Waals surface area contributed by atoms with Gasteiger partial charge in [-0.1, -0.05) is 0 Å². The second-order valence-corrected chi connectivity index (χ2v) is 4.63. The number of hydrogen-bond donors (Lipinski definition) is 2. The van der Waals surface area contributed by atoms with Gasteiger partial charge in [0.1, 0.15) is 18.3 Å². The van der Waals surface area contributed by atoms with Gasteiger partial charge in [-0.2, -0.15) is 0 Å². The van der Waals surface area contributed by atoms with Gasteiger partial charge in [0.25, 0.3) is 12.1 Å². The van der Waals surface area contributed by atoms with Gasteiger partial charge < -0.3 is 9.84 Å². The van der Waals surface area contributed by atoms with Gasteiger partial charge in [-0.3, -0.25) is 15.4 Å². The quantitative estimate of drug-likeness (QED) is 0.647. The highest BCUT2D eigenvalue weighted by Crippen LogP contribution is 2.38. The molecule has 11 heteroatoms. The first kappa shape index (κ1) is 16.7. The monoisotopic (exact) mass is 333 g/mol. The van der Waals surface area contributed by atoms with Crippen LogP contribution in [0.4, 0.5) is 23.7 Å². The van der Waals surface area contributed by atoms with Crippen LogP contribution in [0.1, 0.15) is 5.56 Å². The van der Waals surface area contributed by atoms with Crippen LogP contribution in [0.5, 0.6) is 0 Å². The van der Waals surface area contributed by atoms with E-state index in [1.807, 2.05) is 0 Å². The van der Waals surface area contributed by atoms with Crippen molar-refractivity contribution >= 4 is 17.6 Å². The van der Waals surface area contributed by atoms with Crippen LogP contribution in [0, 0.1) is 15.9 Å². The lowest BCUT2D eigenvalue weighted by molar-refractivity contribution is -0.385. The number of benzene rings is 1. The SMILES string of the molecule is O=C(O)NC1=NC(c2cc([N+](=O)[O-])ccc2F)(C(F)F)COC1. The molecule has 2 N–H and O–H groups in total. The summed E-state index contributed by atoms with van der Waals surface area (Å²) in [7, 11) is 0. The van der Waals surface area contributed by atoms with E-state index in [-0.39, 0.29) is 0 Å². The third-order valence-corrected chi connectivity index (χ3v) is 3.13. The normalized spacial score (nSPS) is 21.0. The smallest absolute Gasteiger partial charge is 0.410 e. The predicted molar refractivity (Wildman–Crippen MR) is 70.2 cm³/mol. The zero-order valence-corrected chi connectivity index (χ0v) is 11.3. The molecule has 8 nitrogen and oxygen atoms in total. The van der Waals surface area contributed by atoms with Crippen molar-refractivity contribution in [2.24, 2.45) is 4.99 Å². The minimum absolute atomic E-state index is 0.392. The van der Waals surface area contributed by atoms with E-state index in [0.717, 1.165) is 6.07 Å². The standard InChI is InChI=1S/C12H10F3N3O5/c13-8-2-1-6(18(21)22)3-7(8)12(10(14)15)5-23-4-9(17-12)16-11(19)20/h1-3,10H,4-5H2,(H,16,17)(H,19,20). The molecule has 1 amide bonds. The molecule has 0 spiro atoms. The lowest BCUT2D eigenvalue weighted by atomic mass is 9.90. The Kier molecular flexibility index (Phi) is 4.50. The van der Waals surface area contributed by atoms with Crippen molar-refractivity contribution in [1.82, 2.24) is 5.32 Å². The summed E-state index contributed by atoms with van der Waals surface area (Å²) in [4.78, 5) is 24.1. The molecule has 1 aromatic rings. The summed E-state index contributed by atoms with van der Waals surface area (Å²) in [6, 6.07) is 2.13. The van der Waals surface area contributed by atoms with Crippen LogP contribution in [0.25, 0.3) is 0 Å². The maximum Gasteiger partial charge on any atom is 0.410 e. The molecule has 0 aliphatic carbocycles. The maximum absolute atomic E-state index is 14.0. The highest BCUT2D eigenvalue weighted by molar-refractivity contribution is 5.96. The van der Waals surface area contributed by atoms with E-state index in [1.54, 1.807) is 5.32 Å².